The molecular formula is C15H18O4. The minimum absolute atomic E-state index is 0.130. The molecule has 0 spiro atoms. The van der Waals surface area contributed by atoms with Crippen molar-refractivity contribution in [1.29, 1.82) is 0 Å². The smallest absolute Gasteiger partial charge is 0.312 e. The van der Waals surface area contributed by atoms with Gasteiger partial charge in [-0.25, -0.2) is 0 Å². The quantitative estimate of drug-likeness (QED) is 0.885. The summed E-state index contributed by atoms with van der Waals surface area (Å²) in [6.07, 6.45) is 3.01. The monoisotopic (exact) mass is 262 g/mol. The van der Waals surface area contributed by atoms with Crippen molar-refractivity contribution in [3.8, 4) is 5.75 Å². The highest BCUT2D eigenvalue weighted by Crippen LogP contribution is 2.50. The molecule has 0 saturated carbocycles. The molecule has 2 heterocycles. The number of carbonyl (C=O) groups is 1. The molecule has 2 aliphatic rings. The Bertz CT molecular complexity index is 458. The molecule has 0 aromatic heterocycles. The van der Waals surface area contributed by atoms with Crippen LogP contribution >= 0.6 is 0 Å². The van der Waals surface area contributed by atoms with E-state index >= 15 is 0 Å². The van der Waals surface area contributed by atoms with E-state index in [0.29, 0.717) is 19.4 Å². The Kier molecular flexibility index (Phi) is 3.19. The summed E-state index contributed by atoms with van der Waals surface area (Å²) >= 11 is 0. The van der Waals surface area contributed by atoms with Crippen molar-refractivity contribution in [1.82, 2.24) is 0 Å². The van der Waals surface area contributed by atoms with E-state index in [9.17, 15) is 9.90 Å². The topological polar surface area (TPSA) is 55.8 Å². The van der Waals surface area contributed by atoms with Crippen molar-refractivity contribution >= 4 is 5.97 Å². The van der Waals surface area contributed by atoms with Crippen LogP contribution in [0, 0.1) is 5.41 Å². The second-order valence-corrected chi connectivity index (χ2v) is 5.40. The minimum atomic E-state index is -0.739. The van der Waals surface area contributed by atoms with Crippen LogP contribution in [0.2, 0.25) is 0 Å². The molecule has 1 aromatic carbocycles. The number of hydrogen-bond donors (Lipinski definition) is 1. The molecule has 19 heavy (non-hydrogen) atoms. The molecule has 0 aliphatic carbocycles. The summed E-state index contributed by atoms with van der Waals surface area (Å²) in [6, 6.07) is 9.50. The maximum absolute atomic E-state index is 11.6. The zero-order valence-corrected chi connectivity index (χ0v) is 10.7. The first-order chi connectivity index (χ1) is 9.21. The van der Waals surface area contributed by atoms with Gasteiger partial charge in [-0.1, -0.05) is 18.2 Å². The maximum Gasteiger partial charge on any atom is 0.312 e. The Morgan fingerprint density at radius 2 is 2.16 bits per heavy atom. The largest absolute Gasteiger partial charge is 0.494 e. The van der Waals surface area contributed by atoms with E-state index < -0.39 is 11.4 Å². The lowest BCUT2D eigenvalue weighted by Crippen LogP contribution is -2.41. The second-order valence-electron chi connectivity index (χ2n) is 5.40. The van der Waals surface area contributed by atoms with Crippen molar-refractivity contribution in [2.75, 3.05) is 6.61 Å². The fourth-order valence-corrected chi connectivity index (χ4v) is 3.26. The van der Waals surface area contributed by atoms with Gasteiger partial charge in [0.2, 0.25) is 0 Å². The molecule has 3 rings (SSSR count). The predicted molar refractivity (Wildman–Crippen MR) is 69.1 cm³/mol. The first-order valence-electron chi connectivity index (χ1n) is 6.77. The molecule has 102 valence electrons. The lowest BCUT2D eigenvalue weighted by Gasteiger charge is -2.30. The third-order valence-electron chi connectivity index (χ3n) is 4.30. The van der Waals surface area contributed by atoms with E-state index in [4.69, 9.17) is 9.47 Å². The van der Waals surface area contributed by atoms with Gasteiger partial charge >= 0.3 is 5.97 Å². The van der Waals surface area contributed by atoms with Crippen LogP contribution in [0.4, 0.5) is 0 Å². The molecule has 1 N–H and O–H groups in total. The Balaban J connectivity index is 1.62. The third kappa shape index (κ3) is 2.21. The number of fused-ring (bicyclic) bond motifs is 2. The highest BCUT2D eigenvalue weighted by atomic mass is 16.5. The summed E-state index contributed by atoms with van der Waals surface area (Å²) in [5.74, 6) is 0.0449. The zero-order valence-electron chi connectivity index (χ0n) is 10.7. The van der Waals surface area contributed by atoms with Gasteiger partial charge in [-0.2, -0.15) is 0 Å². The Hall–Kier alpha value is -1.55. The molecule has 4 nitrogen and oxygen atoms in total. The Morgan fingerprint density at radius 1 is 1.37 bits per heavy atom. The molecule has 0 amide bonds. The molecular weight excluding hydrogens is 244 g/mol. The summed E-state index contributed by atoms with van der Waals surface area (Å²) in [5, 5.41) is 9.55. The van der Waals surface area contributed by atoms with Crippen molar-refractivity contribution in [2.24, 2.45) is 5.41 Å². The van der Waals surface area contributed by atoms with Crippen molar-refractivity contribution < 1.29 is 19.4 Å². The summed E-state index contributed by atoms with van der Waals surface area (Å²) in [4.78, 5) is 11.6. The molecule has 2 bridgehead atoms. The van der Waals surface area contributed by atoms with E-state index in [1.54, 1.807) is 0 Å². The average Bonchev–Trinajstić information content (AvgIpc) is 3.01. The minimum Gasteiger partial charge on any atom is -0.494 e. The van der Waals surface area contributed by atoms with Crippen LogP contribution in [0.3, 0.4) is 0 Å². The van der Waals surface area contributed by atoms with Crippen molar-refractivity contribution in [3.05, 3.63) is 30.3 Å². The van der Waals surface area contributed by atoms with Gasteiger partial charge in [-0.05, 0) is 31.4 Å². The summed E-state index contributed by atoms with van der Waals surface area (Å²) in [6.45, 7) is 0.420. The van der Waals surface area contributed by atoms with Crippen LogP contribution in [0.15, 0.2) is 30.3 Å². The number of para-hydroxylation sites is 1. The van der Waals surface area contributed by atoms with E-state index in [-0.39, 0.29) is 12.2 Å². The SMILES string of the molecule is O=C(O)C1(CCOc2ccccc2)CC2CCC1O2. The number of benzene rings is 1. The van der Waals surface area contributed by atoms with Gasteiger partial charge in [0, 0.05) is 6.42 Å². The third-order valence-corrected chi connectivity index (χ3v) is 4.30. The lowest BCUT2D eigenvalue weighted by atomic mass is 9.72. The zero-order chi connectivity index (χ0) is 13.3. The molecule has 1 aromatic rings. The van der Waals surface area contributed by atoms with Gasteiger partial charge in [0.15, 0.2) is 0 Å². The number of carboxylic acids is 1. The number of rotatable bonds is 5. The maximum atomic E-state index is 11.6. The number of ether oxygens (including phenoxy) is 2. The highest BCUT2D eigenvalue weighted by molar-refractivity contribution is 5.76. The standard InChI is InChI=1S/C15H18O4/c16-14(17)15(10-12-6-7-13(15)19-12)8-9-18-11-4-2-1-3-5-11/h1-5,12-13H,6-10H2,(H,16,17). The van der Waals surface area contributed by atoms with Gasteiger partial charge in [-0.15, -0.1) is 0 Å². The molecule has 2 saturated heterocycles. The van der Waals surface area contributed by atoms with Gasteiger partial charge in [0.05, 0.1) is 24.2 Å². The van der Waals surface area contributed by atoms with Crippen LogP contribution in [-0.2, 0) is 9.53 Å². The van der Waals surface area contributed by atoms with E-state index in [1.807, 2.05) is 30.3 Å². The molecule has 3 atom stereocenters. The molecule has 2 fully saturated rings. The summed E-state index contributed by atoms with van der Waals surface area (Å²) < 4.78 is 11.3. The first-order valence-corrected chi connectivity index (χ1v) is 6.77. The first kappa shape index (κ1) is 12.5. The van der Waals surface area contributed by atoms with Crippen molar-refractivity contribution in [2.45, 2.75) is 37.9 Å². The number of carboxylic acid groups (broad SMARTS) is 1. The Labute approximate surface area is 112 Å². The van der Waals surface area contributed by atoms with Crippen molar-refractivity contribution in [3.63, 3.8) is 0 Å². The van der Waals surface area contributed by atoms with Gasteiger partial charge < -0.3 is 14.6 Å². The van der Waals surface area contributed by atoms with E-state index in [0.717, 1.165) is 18.6 Å². The normalized spacial score (nSPS) is 32.4. The number of hydrogen-bond acceptors (Lipinski definition) is 3. The Morgan fingerprint density at radius 3 is 2.74 bits per heavy atom. The summed E-state index contributed by atoms with van der Waals surface area (Å²) in [5.41, 5.74) is -0.738. The van der Waals surface area contributed by atoms with Gasteiger partial charge in [0.25, 0.3) is 0 Å². The predicted octanol–water partition coefficient (Wildman–Crippen LogP) is 2.48. The van der Waals surface area contributed by atoms with Gasteiger partial charge in [0.1, 0.15) is 5.75 Å². The highest BCUT2D eigenvalue weighted by Gasteiger charge is 2.57. The summed E-state index contributed by atoms with van der Waals surface area (Å²) in [7, 11) is 0. The molecule has 3 unspecified atom stereocenters. The number of aliphatic carboxylic acids is 1. The van der Waals surface area contributed by atoms with Gasteiger partial charge in [-0.3, -0.25) is 4.79 Å². The molecule has 0 radical (unpaired) electrons. The lowest BCUT2D eigenvalue weighted by molar-refractivity contribution is -0.153. The molecule has 2 aliphatic heterocycles. The second kappa shape index (κ2) is 4.85. The fraction of sp³-hybridized carbons (Fsp3) is 0.533. The van der Waals surface area contributed by atoms with Crippen LogP contribution in [-0.4, -0.2) is 29.9 Å². The molecule has 4 heteroatoms. The van der Waals surface area contributed by atoms with Crippen LogP contribution in [0.5, 0.6) is 5.75 Å². The van der Waals surface area contributed by atoms with Crippen LogP contribution in [0.1, 0.15) is 25.7 Å². The van der Waals surface area contributed by atoms with E-state index in [1.165, 1.54) is 0 Å². The fourth-order valence-electron chi connectivity index (χ4n) is 3.26. The van der Waals surface area contributed by atoms with Crippen LogP contribution in [0.25, 0.3) is 0 Å². The van der Waals surface area contributed by atoms with E-state index in [2.05, 4.69) is 0 Å². The van der Waals surface area contributed by atoms with Crippen LogP contribution < -0.4 is 4.74 Å². The average molecular weight is 262 g/mol.